The number of halogens is 1. The largest absolute Gasteiger partial charge is 0.497 e. The van der Waals surface area contributed by atoms with Gasteiger partial charge in [0.2, 0.25) is 10.0 Å². The molecule has 10 heteroatoms. The Morgan fingerprint density at radius 2 is 2.00 bits per heavy atom. The summed E-state index contributed by atoms with van der Waals surface area (Å²) in [5, 5.41) is 2.64. The molecule has 1 unspecified atom stereocenters. The molecule has 0 radical (unpaired) electrons. The second-order valence-corrected chi connectivity index (χ2v) is 9.26. The molecule has 8 nitrogen and oxygen atoms in total. The van der Waals surface area contributed by atoms with E-state index in [0.717, 1.165) is 5.56 Å². The van der Waals surface area contributed by atoms with E-state index in [1.54, 1.807) is 32.4 Å². The van der Waals surface area contributed by atoms with Gasteiger partial charge in [-0.2, -0.15) is 4.31 Å². The van der Waals surface area contributed by atoms with E-state index in [2.05, 4.69) is 5.32 Å². The number of sulfonamides is 1. The van der Waals surface area contributed by atoms with Gasteiger partial charge in [0.05, 0.1) is 31.0 Å². The monoisotopic (exact) mass is 452 g/mol. The normalized spacial score (nSPS) is 19.0. The number of anilines is 1. The topological polar surface area (TPSA) is 94.2 Å². The van der Waals surface area contributed by atoms with Crippen molar-refractivity contribution in [1.29, 1.82) is 0 Å². The number of nitrogens with zero attached hydrogens (tertiary/aromatic N) is 1. The molecule has 0 aliphatic carbocycles. The first-order valence-corrected chi connectivity index (χ1v) is 11.2. The molecule has 0 spiro atoms. The fraction of sp³-hybridized carbons (Fsp3) is 0.350. The number of hydrogen-bond donors (Lipinski definition) is 1. The number of carbonyl (C=O) groups excluding carboxylic acids is 1. The molecule has 2 aromatic carbocycles. The van der Waals surface area contributed by atoms with Crippen LogP contribution in [-0.2, 0) is 14.8 Å². The van der Waals surface area contributed by atoms with Crippen LogP contribution in [0, 0.1) is 0 Å². The molecular formula is C20H21ClN2O6S. The summed E-state index contributed by atoms with van der Waals surface area (Å²) < 4.78 is 44.7. The van der Waals surface area contributed by atoms with Crippen LogP contribution in [0.15, 0.2) is 35.2 Å². The van der Waals surface area contributed by atoms with Crippen molar-refractivity contribution in [2.45, 2.75) is 23.8 Å². The van der Waals surface area contributed by atoms with E-state index in [4.69, 9.17) is 25.8 Å². The first kappa shape index (κ1) is 20.8. The van der Waals surface area contributed by atoms with Crippen LogP contribution in [0.3, 0.4) is 0 Å². The van der Waals surface area contributed by atoms with Gasteiger partial charge in [0.1, 0.15) is 22.1 Å². The lowest BCUT2D eigenvalue weighted by atomic mass is 10.0. The predicted molar refractivity (Wildman–Crippen MR) is 111 cm³/mol. The lowest BCUT2D eigenvalue weighted by molar-refractivity contribution is -0.118. The van der Waals surface area contributed by atoms with Gasteiger partial charge in [-0.3, -0.25) is 4.79 Å². The molecule has 2 aromatic rings. The fourth-order valence-corrected chi connectivity index (χ4v) is 6.04. The van der Waals surface area contributed by atoms with Crippen LogP contribution in [0.2, 0.25) is 5.02 Å². The SMILES string of the molecule is COc1ccc(OC)c(C2CCCN2S(=O)(=O)c2cc3c(cc2Cl)NC(=O)CO3)c1. The predicted octanol–water partition coefficient (Wildman–Crippen LogP) is 3.21. The minimum atomic E-state index is -3.95. The lowest BCUT2D eigenvalue weighted by Crippen LogP contribution is -2.31. The smallest absolute Gasteiger partial charge is 0.262 e. The maximum Gasteiger partial charge on any atom is 0.262 e. The van der Waals surface area contributed by atoms with Crippen LogP contribution in [0.5, 0.6) is 17.2 Å². The van der Waals surface area contributed by atoms with Gasteiger partial charge in [0.15, 0.2) is 6.61 Å². The highest BCUT2D eigenvalue weighted by Gasteiger charge is 2.39. The average Bonchev–Trinajstić information content (AvgIpc) is 3.23. The van der Waals surface area contributed by atoms with Crippen LogP contribution in [-0.4, -0.2) is 46.0 Å². The van der Waals surface area contributed by atoms with Gasteiger partial charge in [-0.05, 0) is 37.1 Å². The Hall–Kier alpha value is -2.49. The Bertz CT molecular complexity index is 1100. The van der Waals surface area contributed by atoms with Gasteiger partial charge in [-0.15, -0.1) is 0 Å². The summed E-state index contributed by atoms with van der Waals surface area (Å²) in [6.07, 6.45) is 1.33. The number of nitrogens with one attached hydrogen (secondary N) is 1. The zero-order chi connectivity index (χ0) is 21.5. The zero-order valence-corrected chi connectivity index (χ0v) is 18.0. The minimum Gasteiger partial charge on any atom is -0.497 e. The van der Waals surface area contributed by atoms with Gasteiger partial charge in [-0.25, -0.2) is 8.42 Å². The molecule has 2 aliphatic heterocycles. The van der Waals surface area contributed by atoms with Crippen molar-refractivity contribution >= 4 is 33.2 Å². The number of amides is 1. The summed E-state index contributed by atoms with van der Waals surface area (Å²) in [6, 6.07) is 7.67. The molecule has 4 rings (SSSR count). The summed E-state index contributed by atoms with van der Waals surface area (Å²) in [6.45, 7) is 0.167. The number of benzene rings is 2. The summed E-state index contributed by atoms with van der Waals surface area (Å²) in [5.41, 5.74) is 1.08. The average molecular weight is 453 g/mol. The van der Waals surface area contributed by atoms with Crippen LogP contribution in [0.25, 0.3) is 0 Å². The summed E-state index contributed by atoms with van der Waals surface area (Å²) in [7, 11) is -0.843. The Balaban J connectivity index is 1.75. The maximum absolute atomic E-state index is 13.6. The van der Waals surface area contributed by atoms with Crippen molar-refractivity contribution in [2.24, 2.45) is 0 Å². The summed E-state index contributed by atoms with van der Waals surface area (Å²) in [4.78, 5) is 11.5. The molecule has 2 heterocycles. The Morgan fingerprint density at radius 3 is 2.73 bits per heavy atom. The van der Waals surface area contributed by atoms with Gasteiger partial charge in [0, 0.05) is 18.2 Å². The molecule has 1 amide bonds. The van der Waals surface area contributed by atoms with Crippen LogP contribution < -0.4 is 19.5 Å². The fourth-order valence-electron chi connectivity index (χ4n) is 3.84. The van der Waals surface area contributed by atoms with Gasteiger partial charge in [-0.1, -0.05) is 11.6 Å². The minimum absolute atomic E-state index is 0.0165. The van der Waals surface area contributed by atoms with E-state index in [-0.39, 0.29) is 28.2 Å². The molecule has 0 aromatic heterocycles. The molecule has 1 N–H and O–H groups in total. The number of ether oxygens (including phenoxy) is 3. The Morgan fingerprint density at radius 1 is 1.20 bits per heavy atom. The van der Waals surface area contributed by atoms with Crippen molar-refractivity contribution < 1.29 is 27.4 Å². The second kappa shape index (κ2) is 7.98. The van der Waals surface area contributed by atoms with E-state index < -0.39 is 16.1 Å². The highest BCUT2D eigenvalue weighted by molar-refractivity contribution is 7.89. The molecule has 0 saturated carbocycles. The molecule has 1 saturated heterocycles. The van der Waals surface area contributed by atoms with Crippen molar-refractivity contribution in [3.05, 3.63) is 40.9 Å². The number of methoxy groups -OCH3 is 2. The number of carbonyl (C=O) groups is 1. The van der Waals surface area contributed by atoms with Crippen LogP contribution in [0.4, 0.5) is 5.69 Å². The number of fused-ring (bicyclic) bond motifs is 1. The number of hydrogen-bond acceptors (Lipinski definition) is 6. The third-order valence-electron chi connectivity index (χ3n) is 5.25. The van der Waals surface area contributed by atoms with Crippen molar-refractivity contribution in [3.8, 4) is 17.2 Å². The first-order chi connectivity index (χ1) is 14.3. The third kappa shape index (κ3) is 3.57. The maximum atomic E-state index is 13.6. The van der Waals surface area contributed by atoms with Crippen molar-refractivity contribution in [3.63, 3.8) is 0 Å². The first-order valence-electron chi connectivity index (χ1n) is 9.35. The van der Waals surface area contributed by atoms with E-state index in [0.29, 0.717) is 36.6 Å². The number of rotatable bonds is 5. The summed E-state index contributed by atoms with van der Waals surface area (Å²) in [5.74, 6) is 1.16. The molecule has 30 heavy (non-hydrogen) atoms. The van der Waals surface area contributed by atoms with Gasteiger partial charge < -0.3 is 19.5 Å². The van der Waals surface area contributed by atoms with Crippen molar-refractivity contribution in [1.82, 2.24) is 4.31 Å². The van der Waals surface area contributed by atoms with Gasteiger partial charge >= 0.3 is 0 Å². The van der Waals surface area contributed by atoms with Gasteiger partial charge in [0.25, 0.3) is 5.91 Å². The molecule has 1 atom stereocenters. The third-order valence-corrected chi connectivity index (χ3v) is 7.63. The zero-order valence-electron chi connectivity index (χ0n) is 16.5. The van der Waals surface area contributed by atoms with E-state index in [9.17, 15) is 13.2 Å². The van der Waals surface area contributed by atoms with E-state index in [1.807, 2.05) is 0 Å². The summed E-state index contributed by atoms with van der Waals surface area (Å²) >= 11 is 6.31. The highest BCUT2D eigenvalue weighted by atomic mass is 35.5. The molecule has 1 fully saturated rings. The Kier molecular flexibility index (Phi) is 5.52. The molecule has 2 aliphatic rings. The second-order valence-electron chi connectivity index (χ2n) is 7.00. The molecule has 160 valence electrons. The van der Waals surface area contributed by atoms with E-state index >= 15 is 0 Å². The van der Waals surface area contributed by atoms with Crippen LogP contribution in [0.1, 0.15) is 24.4 Å². The standard InChI is InChI=1S/C20H21ClN2O6S/c1-27-12-5-6-17(28-2)13(8-12)16-4-3-7-23(16)30(25,26)19-10-18-15(9-14(19)21)22-20(24)11-29-18/h5-6,8-10,16H,3-4,7,11H2,1-2H3,(H,22,24). The molecule has 0 bridgehead atoms. The lowest BCUT2D eigenvalue weighted by Gasteiger charge is -2.27. The van der Waals surface area contributed by atoms with Crippen LogP contribution >= 0.6 is 11.6 Å². The Labute approximate surface area is 179 Å². The van der Waals surface area contributed by atoms with Crippen molar-refractivity contribution in [2.75, 3.05) is 32.7 Å². The quantitative estimate of drug-likeness (QED) is 0.748. The molecular weight excluding hydrogens is 432 g/mol. The van der Waals surface area contributed by atoms with E-state index in [1.165, 1.54) is 16.4 Å². The highest BCUT2D eigenvalue weighted by Crippen LogP contribution is 2.44.